The van der Waals surface area contributed by atoms with Crippen molar-refractivity contribution in [2.45, 2.75) is 38.3 Å². The molecule has 0 bridgehead atoms. The molecule has 6 nitrogen and oxygen atoms in total. The molecule has 2 fully saturated rings. The van der Waals surface area contributed by atoms with E-state index in [1.165, 1.54) is 5.69 Å². The van der Waals surface area contributed by atoms with Crippen molar-refractivity contribution in [1.29, 1.82) is 0 Å². The number of nitrogens with one attached hydrogen (secondary N) is 1. The molecule has 0 spiro atoms. The van der Waals surface area contributed by atoms with Crippen LogP contribution in [0.5, 0.6) is 0 Å². The van der Waals surface area contributed by atoms with Crippen molar-refractivity contribution in [3.63, 3.8) is 0 Å². The van der Waals surface area contributed by atoms with Gasteiger partial charge in [-0.3, -0.25) is 9.59 Å². The molecule has 6 heteroatoms. The van der Waals surface area contributed by atoms with Crippen molar-refractivity contribution in [1.82, 2.24) is 0 Å². The second kappa shape index (κ2) is 7.00. The summed E-state index contributed by atoms with van der Waals surface area (Å²) in [4.78, 5) is 28.8. The zero-order valence-electron chi connectivity index (χ0n) is 16.0. The Morgan fingerprint density at radius 2 is 1.67 bits per heavy atom. The molecule has 27 heavy (non-hydrogen) atoms. The van der Waals surface area contributed by atoms with E-state index in [9.17, 15) is 9.59 Å². The number of anilines is 3. The standard InChI is InChI=1S/C21H27N3O3/c1-21(2)14-15(8-13-27-21)22-17-18(20(26)19(17)25)24-11-9-23(10-12-24)16-6-4-3-5-7-16/h3-7,15,22H,8-14H2,1-2H3/t15-/m0/s1. The number of para-hydroxylation sites is 1. The molecule has 2 aromatic rings. The number of nitrogens with zero attached hydrogens (tertiary/aromatic N) is 2. The monoisotopic (exact) mass is 369 g/mol. The largest absolute Gasteiger partial charge is 0.377 e. The minimum atomic E-state index is -0.375. The van der Waals surface area contributed by atoms with Crippen LogP contribution in [-0.2, 0) is 4.74 Å². The topological polar surface area (TPSA) is 61.9 Å². The van der Waals surface area contributed by atoms with Crippen molar-refractivity contribution in [3.05, 3.63) is 50.8 Å². The van der Waals surface area contributed by atoms with Crippen LogP contribution in [0.4, 0.5) is 17.1 Å². The molecule has 2 aromatic carbocycles. The van der Waals surface area contributed by atoms with Crippen LogP contribution >= 0.6 is 0 Å². The first kappa shape index (κ1) is 18.0. The van der Waals surface area contributed by atoms with E-state index in [4.69, 9.17) is 4.74 Å². The maximum Gasteiger partial charge on any atom is 0.253 e. The van der Waals surface area contributed by atoms with Crippen LogP contribution in [0.15, 0.2) is 39.9 Å². The fraction of sp³-hybridized carbons (Fsp3) is 0.524. The van der Waals surface area contributed by atoms with E-state index >= 15 is 0 Å². The van der Waals surface area contributed by atoms with Gasteiger partial charge in [-0.05, 0) is 38.8 Å². The summed E-state index contributed by atoms with van der Waals surface area (Å²) >= 11 is 0. The summed E-state index contributed by atoms with van der Waals surface area (Å²) in [5.41, 5.74) is 1.36. The number of piperazine rings is 1. The first-order valence-electron chi connectivity index (χ1n) is 9.73. The average Bonchev–Trinajstić information content (AvgIpc) is 2.68. The third kappa shape index (κ3) is 3.58. The van der Waals surface area contributed by atoms with Gasteiger partial charge in [-0.1, -0.05) is 18.2 Å². The van der Waals surface area contributed by atoms with Gasteiger partial charge in [0.2, 0.25) is 0 Å². The summed E-state index contributed by atoms with van der Waals surface area (Å²) < 4.78 is 5.75. The Bertz CT molecular complexity index is 863. The molecule has 2 heterocycles. The number of rotatable bonds is 4. The lowest BCUT2D eigenvalue weighted by molar-refractivity contribution is -0.0553. The molecule has 144 valence electrons. The summed E-state index contributed by atoms with van der Waals surface area (Å²) in [6.07, 6.45) is 1.68. The van der Waals surface area contributed by atoms with Crippen LogP contribution in [0, 0.1) is 0 Å². The molecule has 0 amide bonds. The van der Waals surface area contributed by atoms with Crippen molar-refractivity contribution in [2.75, 3.05) is 47.9 Å². The van der Waals surface area contributed by atoms with Gasteiger partial charge in [0.05, 0.1) is 5.60 Å². The van der Waals surface area contributed by atoms with Gasteiger partial charge >= 0.3 is 0 Å². The predicted octanol–water partition coefficient (Wildman–Crippen LogP) is 1.98. The summed E-state index contributed by atoms with van der Waals surface area (Å²) in [5.74, 6) is 0. The highest BCUT2D eigenvalue weighted by Crippen LogP contribution is 2.29. The molecule has 2 saturated heterocycles. The van der Waals surface area contributed by atoms with E-state index in [0.29, 0.717) is 18.0 Å². The lowest BCUT2D eigenvalue weighted by atomic mass is 9.93. The SMILES string of the molecule is CC1(C)C[C@@H](Nc2c(N3CCN(c4ccccc4)CC3)c(=O)c2=O)CCO1. The Balaban J connectivity index is 1.44. The predicted molar refractivity (Wildman–Crippen MR) is 109 cm³/mol. The van der Waals surface area contributed by atoms with Crippen LogP contribution in [0.2, 0.25) is 0 Å². The minimum Gasteiger partial charge on any atom is -0.377 e. The number of benzene rings is 1. The highest BCUT2D eigenvalue weighted by atomic mass is 16.5. The van der Waals surface area contributed by atoms with E-state index in [-0.39, 0.29) is 22.5 Å². The maximum atomic E-state index is 12.3. The van der Waals surface area contributed by atoms with Crippen LogP contribution in [-0.4, -0.2) is 44.4 Å². The average molecular weight is 369 g/mol. The fourth-order valence-electron chi connectivity index (χ4n) is 4.20. The first-order chi connectivity index (χ1) is 12.9. The normalized spacial score (nSPS) is 22.8. The third-order valence-corrected chi connectivity index (χ3v) is 5.65. The van der Waals surface area contributed by atoms with Crippen LogP contribution in [0.1, 0.15) is 26.7 Å². The fourth-order valence-corrected chi connectivity index (χ4v) is 4.20. The summed E-state index contributed by atoms with van der Waals surface area (Å²) in [6.45, 7) is 7.96. The van der Waals surface area contributed by atoms with Crippen LogP contribution in [0.3, 0.4) is 0 Å². The summed E-state index contributed by atoms with van der Waals surface area (Å²) in [5, 5.41) is 3.36. The molecule has 0 unspecified atom stereocenters. The van der Waals surface area contributed by atoms with Crippen molar-refractivity contribution in [3.8, 4) is 0 Å². The second-order valence-corrected chi connectivity index (χ2v) is 8.13. The van der Waals surface area contributed by atoms with E-state index in [0.717, 1.165) is 39.0 Å². The van der Waals surface area contributed by atoms with Gasteiger partial charge < -0.3 is 19.9 Å². The minimum absolute atomic E-state index is 0.168. The van der Waals surface area contributed by atoms with Gasteiger partial charge in [-0.15, -0.1) is 0 Å². The molecule has 2 aliphatic heterocycles. The lowest BCUT2D eigenvalue weighted by Gasteiger charge is -2.40. The molecular weight excluding hydrogens is 342 g/mol. The molecule has 0 aromatic heterocycles. The highest BCUT2D eigenvalue weighted by Gasteiger charge is 2.33. The van der Waals surface area contributed by atoms with Crippen molar-refractivity contribution in [2.24, 2.45) is 0 Å². The second-order valence-electron chi connectivity index (χ2n) is 8.13. The smallest absolute Gasteiger partial charge is 0.253 e. The van der Waals surface area contributed by atoms with Crippen molar-refractivity contribution < 1.29 is 4.74 Å². The van der Waals surface area contributed by atoms with E-state index < -0.39 is 0 Å². The Hall–Kier alpha value is -2.34. The van der Waals surface area contributed by atoms with E-state index in [1.807, 2.05) is 18.2 Å². The molecule has 1 atom stereocenters. The van der Waals surface area contributed by atoms with Crippen LogP contribution in [0.25, 0.3) is 0 Å². The van der Waals surface area contributed by atoms with E-state index in [1.54, 1.807) is 0 Å². The molecule has 0 radical (unpaired) electrons. The van der Waals surface area contributed by atoms with Gasteiger partial charge in [0.1, 0.15) is 11.4 Å². The molecule has 0 aliphatic carbocycles. The molecule has 4 rings (SSSR count). The molecular formula is C21H27N3O3. The van der Waals surface area contributed by atoms with Crippen molar-refractivity contribution >= 4 is 17.1 Å². The first-order valence-corrected chi connectivity index (χ1v) is 9.73. The number of hydrogen-bond acceptors (Lipinski definition) is 6. The zero-order valence-corrected chi connectivity index (χ0v) is 16.0. The van der Waals surface area contributed by atoms with Crippen LogP contribution < -0.4 is 26.0 Å². The Kier molecular flexibility index (Phi) is 4.68. The Morgan fingerprint density at radius 1 is 1.00 bits per heavy atom. The number of ether oxygens (including phenoxy) is 1. The maximum absolute atomic E-state index is 12.3. The molecule has 1 N–H and O–H groups in total. The lowest BCUT2D eigenvalue weighted by Crippen LogP contribution is -2.52. The summed E-state index contributed by atoms with van der Waals surface area (Å²) in [6, 6.07) is 10.5. The molecule has 0 saturated carbocycles. The van der Waals surface area contributed by atoms with Gasteiger partial charge in [0.25, 0.3) is 10.9 Å². The highest BCUT2D eigenvalue weighted by molar-refractivity contribution is 5.76. The number of hydrogen-bond donors (Lipinski definition) is 1. The van der Waals surface area contributed by atoms with Gasteiger partial charge in [-0.2, -0.15) is 0 Å². The molecule has 2 aliphatic rings. The Morgan fingerprint density at radius 3 is 2.33 bits per heavy atom. The van der Waals surface area contributed by atoms with Gasteiger partial charge in [0.15, 0.2) is 0 Å². The summed E-state index contributed by atoms with van der Waals surface area (Å²) in [7, 11) is 0. The van der Waals surface area contributed by atoms with Gasteiger partial charge in [0, 0.05) is 44.5 Å². The zero-order chi connectivity index (χ0) is 19.0. The Labute approximate surface area is 159 Å². The van der Waals surface area contributed by atoms with E-state index in [2.05, 4.69) is 41.1 Å². The third-order valence-electron chi connectivity index (χ3n) is 5.65. The van der Waals surface area contributed by atoms with Gasteiger partial charge in [-0.25, -0.2) is 0 Å². The quantitative estimate of drug-likeness (QED) is 0.832.